The first-order valence-electron chi connectivity index (χ1n) is 9.19. The molecule has 0 saturated carbocycles. The molecule has 142 valence electrons. The number of benzene rings is 2. The topological polar surface area (TPSA) is 20.2 Å². The van der Waals surface area contributed by atoms with Crippen molar-refractivity contribution in [2.24, 2.45) is 0 Å². The minimum atomic E-state index is -0.151. The van der Waals surface area contributed by atoms with Gasteiger partial charge in [0.25, 0.3) is 0 Å². The molecule has 2 rings (SSSR count). The summed E-state index contributed by atoms with van der Waals surface area (Å²) < 4.78 is 0. The van der Waals surface area contributed by atoms with Crippen LogP contribution in [0.5, 0.6) is 5.75 Å². The van der Waals surface area contributed by atoms with Crippen molar-refractivity contribution in [3.63, 3.8) is 0 Å². The lowest BCUT2D eigenvalue weighted by molar-refractivity contribution is 0.422. The first kappa shape index (κ1) is 21.1. The summed E-state index contributed by atoms with van der Waals surface area (Å²) in [6.07, 6.45) is 0.916. The molecule has 0 spiro atoms. The Balaban J connectivity index is 2.74. The predicted octanol–water partition coefficient (Wildman–Crippen LogP) is 7.84. The van der Waals surface area contributed by atoms with Gasteiger partial charge in [0, 0.05) is 16.0 Å². The Morgan fingerprint density at radius 3 is 1.77 bits per heavy atom. The molecule has 1 unspecified atom stereocenters. The average Bonchev–Trinajstić information content (AvgIpc) is 2.48. The van der Waals surface area contributed by atoms with Crippen LogP contribution in [0.1, 0.15) is 83.1 Å². The predicted molar refractivity (Wildman–Crippen MR) is 114 cm³/mol. The molecule has 0 saturated heterocycles. The van der Waals surface area contributed by atoms with Crippen LogP contribution in [-0.4, -0.2) is 5.11 Å². The van der Waals surface area contributed by atoms with Crippen LogP contribution in [0.2, 0.25) is 10.0 Å². The van der Waals surface area contributed by atoms with Crippen molar-refractivity contribution >= 4 is 23.2 Å². The smallest absolute Gasteiger partial charge is 0.123 e. The highest BCUT2D eigenvalue weighted by atomic mass is 35.5. The Kier molecular flexibility index (Phi) is 6.05. The molecule has 1 N–H and O–H groups in total. The number of hydrogen-bond donors (Lipinski definition) is 1. The summed E-state index contributed by atoms with van der Waals surface area (Å²) in [7, 11) is 0. The van der Waals surface area contributed by atoms with Gasteiger partial charge in [0.2, 0.25) is 0 Å². The van der Waals surface area contributed by atoms with Crippen LogP contribution in [0, 0.1) is 0 Å². The van der Waals surface area contributed by atoms with Crippen LogP contribution in [0.4, 0.5) is 0 Å². The standard InChI is InChI=1S/C23H30Cl2O/c1-8-16(17-10-9-15(24)13-20(17)25)14-11-18(22(2,3)4)21(26)19(12-14)23(5,6)7/h9-13,16,26H,8H2,1-7H3. The van der Waals surface area contributed by atoms with Gasteiger partial charge in [0.15, 0.2) is 0 Å². The van der Waals surface area contributed by atoms with Gasteiger partial charge in [-0.05, 0) is 51.6 Å². The minimum Gasteiger partial charge on any atom is -0.507 e. The van der Waals surface area contributed by atoms with E-state index in [0.29, 0.717) is 15.8 Å². The fourth-order valence-corrected chi connectivity index (χ4v) is 3.96. The van der Waals surface area contributed by atoms with Crippen LogP contribution >= 0.6 is 23.2 Å². The fourth-order valence-electron chi connectivity index (χ4n) is 3.42. The second-order valence-electron chi connectivity index (χ2n) is 9.09. The zero-order chi connectivity index (χ0) is 19.9. The van der Waals surface area contributed by atoms with E-state index in [0.717, 1.165) is 23.1 Å². The molecule has 2 aromatic rings. The molecular formula is C23H30Cl2O. The van der Waals surface area contributed by atoms with E-state index in [-0.39, 0.29) is 16.7 Å². The van der Waals surface area contributed by atoms with Crippen molar-refractivity contribution < 1.29 is 5.11 Å². The Morgan fingerprint density at radius 1 is 0.885 bits per heavy atom. The third kappa shape index (κ3) is 4.38. The summed E-state index contributed by atoms with van der Waals surface area (Å²) in [5.74, 6) is 0.563. The van der Waals surface area contributed by atoms with Gasteiger partial charge in [0.05, 0.1) is 0 Å². The van der Waals surface area contributed by atoms with Crippen molar-refractivity contribution in [1.29, 1.82) is 0 Å². The number of aromatic hydroxyl groups is 1. The molecule has 2 aromatic carbocycles. The Labute approximate surface area is 168 Å². The van der Waals surface area contributed by atoms with Crippen molar-refractivity contribution in [2.75, 3.05) is 0 Å². The second-order valence-corrected chi connectivity index (χ2v) is 9.93. The normalized spacial score (nSPS) is 13.7. The molecule has 3 heteroatoms. The number of halogens is 2. The molecule has 0 bridgehead atoms. The van der Waals surface area contributed by atoms with E-state index in [2.05, 4.69) is 60.6 Å². The Bertz CT molecular complexity index is 760. The van der Waals surface area contributed by atoms with Crippen LogP contribution in [-0.2, 0) is 10.8 Å². The zero-order valence-corrected chi connectivity index (χ0v) is 18.4. The number of phenolic OH excluding ortho intramolecular Hbond substituents is 1. The van der Waals surface area contributed by atoms with E-state index in [9.17, 15) is 5.11 Å². The first-order chi connectivity index (χ1) is 11.9. The van der Waals surface area contributed by atoms with Gasteiger partial charge in [-0.15, -0.1) is 0 Å². The lowest BCUT2D eigenvalue weighted by Crippen LogP contribution is -2.18. The molecule has 26 heavy (non-hydrogen) atoms. The molecular weight excluding hydrogens is 363 g/mol. The van der Waals surface area contributed by atoms with Gasteiger partial charge < -0.3 is 5.11 Å². The van der Waals surface area contributed by atoms with E-state index >= 15 is 0 Å². The summed E-state index contributed by atoms with van der Waals surface area (Å²) in [5.41, 5.74) is 3.91. The minimum absolute atomic E-state index is 0.151. The van der Waals surface area contributed by atoms with Gasteiger partial charge in [-0.25, -0.2) is 0 Å². The van der Waals surface area contributed by atoms with Gasteiger partial charge in [0.1, 0.15) is 5.75 Å². The number of rotatable bonds is 3. The monoisotopic (exact) mass is 392 g/mol. The molecule has 0 aliphatic heterocycles. The third-order valence-corrected chi connectivity index (χ3v) is 5.46. The van der Waals surface area contributed by atoms with Crippen molar-refractivity contribution in [1.82, 2.24) is 0 Å². The van der Waals surface area contributed by atoms with Crippen LogP contribution in [0.3, 0.4) is 0 Å². The van der Waals surface area contributed by atoms with E-state index in [1.807, 2.05) is 12.1 Å². The molecule has 0 aliphatic rings. The molecule has 0 heterocycles. The van der Waals surface area contributed by atoms with E-state index in [1.54, 1.807) is 6.07 Å². The molecule has 1 nitrogen and oxygen atoms in total. The molecule has 0 fully saturated rings. The number of hydrogen-bond acceptors (Lipinski definition) is 1. The van der Waals surface area contributed by atoms with Crippen LogP contribution in [0.25, 0.3) is 0 Å². The van der Waals surface area contributed by atoms with Crippen molar-refractivity contribution in [3.8, 4) is 5.75 Å². The molecule has 0 aromatic heterocycles. The largest absolute Gasteiger partial charge is 0.507 e. The van der Waals surface area contributed by atoms with E-state index in [1.165, 1.54) is 5.56 Å². The van der Waals surface area contributed by atoms with Crippen molar-refractivity contribution in [2.45, 2.75) is 71.6 Å². The number of phenols is 1. The average molecular weight is 393 g/mol. The van der Waals surface area contributed by atoms with Crippen LogP contribution in [0.15, 0.2) is 30.3 Å². The van der Waals surface area contributed by atoms with Gasteiger partial charge in [-0.2, -0.15) is 0 Å². The van der Waals surface area contributed by atoms with Crippen molar-refractivity contribution in [3.05, 3.63) is 62.6 Å². The van der Waals surface area contributed by atoms with Gasteiger partial charge in [-0.1, -0.05) is 89.9 Å². The maximum absolute atomic E-state index is 11.0. The highest BCUT2D eigenvalue weighted by Crippen LogP contribution is 2.43. The summed E-state index contributed by atoms with van der Waals surface area (Å²) >= 11 is 12.6. The van der Waals surface area contributed by atoms with Gasteiger partial charge >= 0.3 is 0 Å². The Hall–Kier alpha value is -1.18. The SMILES string of the molecule is CCC(c1cc(C(C)(C)C)c(O)c(C(C)(C)C)c1)c1ccc(Cl)cc1Cl. The maximum atomic E-state index is 11.0. The van der Waals surface area contributed by atoms with E-state index < -0.39 is 0 Å². The quantitative estimate of drug-likeness (QED) is 0.563. The maximum Gasteiger partial charge on any atom is 0.123 e. The molecule has 0 amide bonds. The lowest BCUT2D eigenvalue weighted by Gasteiger charge is -2.30. The highest BCUT2D eigenvalue weighted by Gasteiger charge is 2.28. The molecule has 1 atom stereocenters. The lowest BCUT2D eigenvalue weighted by atomic mass is 9.76. The second kappa shape index (κ2) is 7.44. The zero-order valence-electron chi connectivity index (χ0n) is 16.9. The fraction of sp³-hybridized carbons (Fsp3) is 0.478. The molecule has 0 radical (unpaired) electrons. The first-order valence-corrected chi connectivity index (χ1v) is 9.94. The molecule has 0 aliphatic carbocycles. The summed E-state index contributed by atoms with van der Waals surface area (Å²) in [4.78, 5) is 0. The summed E-state index contributed by atoms with van der Waals surface area (Å²) in [6, 6.07) is 9.99. The summed E-state index contributed by atoms with van der Waals surface area (Å²) in [5, 5.41) is 12.3. The Morgan fingerprint density at radius 2 is 1.38 bits per heavy atom. The highest BCUT2D eigenvalue weighted by molar-refractivity contribution is 6.35. The summed E-state index contributed by atoms with van der Waals surface area (Å²) in [6.45, 7) is 15.0. The van der Waals surface area contributed by atoms with Crippen LogP contribution < -0.4 is 0 Å². The van der Waals surface area contributed by atoms with Gasteiger partial charge in [-0.3, -0.25) is 0 Å². The van der Waals surface area contributed by atoms with E-state index in [4.69, 9.17) is 23.2 Å². The third-order valence-electron chi connectivity index (χ3n) is 4.90.